The van der Waals surface area contributed by atoms with E-state index >= 15 is 0 Å². The highest BCUT2D eigenvalue weighted by Gasteiger charge is 2.46. The van der Waals surface area contributed by atoms with Gasteiger partial charge >= 0.3 is 12.2 Å². The molecule has 4 atom stereocenters. The molecule has 0 bridgehead atoms. The number of carbonyl (C=O) groups excluding carboxylic acids is 4. The van der Waals surface area contributed by atoms with Gasteiger partial charge in [0.2, 0.25) is 11.8 Å². The van der Waals surface area contributed by atoms with Gasteiger partial charge in [-0.15, -0.1) is 0 Å². The average molecular weight is 773 g/mol. The third-order valence-corrected chi connectivity index (χ3v) is 13.4. The Balaban J connectivity index is 1.12. The van der Waals surface area contributed by atoms with Crippen molar-refractivity contribution < 1.29 is 33.4 Å². The van der Waals surface area contributed by atoms with Crippen molar-refractivity contribution in [3.63, 3.8) is 0 Å². The molecule has 3 aliphatic rings. The first-order valence-electron chi connectivity index (χ1n) is 19.0. The number of alkyl carbamates (subject to hydrolysis) is 2. The van der Waals surface area contributed by atoms with Gasteiger partial charge in [0.15, 0.2) is 0 Å². The number of H-pyrrole nitrogens is 2. The molecule has 3 fully saturated rings. The Bertz CT molecular complexity index is 1910. The third kappa shape index (κ3) is 9.22. The number of nitrogens with zero attached hydrogens (tertiary/aromatic N) is 4. The van der Waals surface area contributed by atoms with Gasteiger partial charge in [0.1, 0.15) is 29.4 Å². The van der Waals surface area contributed by atoms with E-state index < -0.39 is 32.3 Å². The van der Waals surface area contributed by atoms with Crippen molar-refractivity contribution in [3.05, 3.63) is 59.6 Å². The van der Waals surface area contributed by atoms with Crippen LogP contribution in [0.4, 0.5) is 9.59 Å². The standard InChI is InChI=1S/C39H52N8O7Si/c1-24(2)32(44-38(50)52-3)36(48)47-23-55(5,6)22-31(47)35-40-20-28(42-35)14-11-25-9-12-26(13-10-25)29-21-41-34(43-29)30-8-7-17-46(30)37(49)33(45-39(51)53-4)27-15-18-54-19-16-27/h9-10,12-13,20-21,24,27,30-33H,7-8,15-19,22-23H2,1-6H3,(H,40,42)(H,41,43)(H,44,50)(H,45,51)/t30-,31-,32-,33-/m0/s1. The van der Waals surface area contributed by atoms with Crippen molar-refractivity contribution in [1.82, 2.24) is 40.4 Å². The van der Waals surface area contributed by atoms with E-state index in [9.17, 15) is 19.2 Å². The van der Waals surface area contributed by atoms with E-state index in [2.05, 4.69) is 55.5 Å². The molecule has 5 heterocycles. The first kappa shape index (κ1) is 39.5. The van der Waals surface area contributed by atoms with Gasteiger partial charge in [-0.05, 0) is 67.2 Å². The SMILES string of the molecule is COC(=O)N[C@H](C(=O)N1C[Si](C)(C)C[C@H]1c1ncc(C#Cc2ccc(-c3cnc([C@@H]4CCCN4C(=O)[C@@H](NC(=O)OC)C4CCOCC4)[nH]3)cc2)[nH]1)C(C)C. The maximum Gasteiger partial charge on any atom is 0.407 e. The molecule has 3 aromatic rings. The zero-order chi connectivity index (χ0) is 39.3. The van der Waals surface area contributed by atoms with Crippen LogP contribution in [-0.2, 0) is 23.8 Å². The number of hydrogen-bond acceptors (Lipinski definition) is 9. The predicted molar refractivity (Wildman–Crippen MR) is 206 cm³/mol. The molecule has 4 amide bonds. The van der Waals surface area contributed by atoms with E-state index in [1.807, 2.05) is 47.9 Å². The summed E-state index contributed by atoms with van der Waals surface area (Å²) in [6.07, 6.45) is 5.86. The molecule has 16 heteroatoms. The lowest BCUT2D eigenvalue weighted by molar-refractivity contribution is -0.137. The number of likely N-dealkylation sites (tertiary alicyclic amines) is 1. The molecule has 15 nitrogen and oxygen atoms in total. The van der Waals surface area contributed by atoms with E-state index in [1.54, 1.807) is 12.4 Å². The Hall–Kier alpha value is -5.14. The fraction of sp³-hybridized carbons (Fsp3) is 0.538. The first-order chi connectivity index (χ1) is 26.4. The Morgan fingerprint density at radius 1 is 0.873 bits per heavy atom. The van der Waals surface area contributed by atoms with Crippen LogP contribution in [0.5, 0.6) is 0 Å². The van der Waals surface area contributed by atoms with Crippen LogP contribution in [0.25, 0.3) is 11.3 Å². The predicted octanol–water partition coefficient (Wildman–Crippen LogP) is 4.53. The number of rotatable bonds is 9. The molecule has 0 radical (unpaired) electrons. The monoisotopic (exact) mass is 772 g/mol. The summed E-state index contributed by atoms with van der Waals surface area (Å²) >= 11 is 0. The van der Waals surface area contributed by atoms with E-state index in [4.69, 9.17) is 14.2 Å². The van der Waals surface area contributed by atoms with Crippen LogP contribution in [0.1, 0.15) is 74.5 Å². The molecule has 294 valence electrons. The van der Waals surface area contributed by atoms with Gasteiger partial charge in [-0.2, -0.15) is 0 Å². The normalized spacial score (nSPS) is 20.7. The summed E-state index contributed by atoms with van der Waals surface area (Å²) in [5, 5.41) is 5.51. The average Bonchev–Trinajstić information content (AvgIpc) is 4.01. The second kappa shape index (κ2) is 17.1. The number of imidazole rings is 2. The van der Waals surface area contributed by atoms with E-state index in [-0.39, 0.29) is 35.7 Å². The maximum absolute atomic E-state index is 13.9. The minimum Gasteiger partial charge on any atom is -0.453 e. The smallest absolute Gasteiger partial charge is 0.407 e. The van der Waals surface area contributed by atoms with Crippen molar-refractivity contribution >= 4 is 32.1 Å². The van der Waals surface area contributed by atoms with Gasteiger partial charge in [0.25, 0.3) is 0 Å². The summed E-state index contributed by atoms with van der Waals surface area (Å²) in [5.74, 6) is 7.35. The van der Waals surface area contributed by atoms with Crippen LogP contribution < -0.4 is 10.6 Å². The lowest BCUT2D eigenvalue weighted by Crippen LogP contribution is -2.53. The Morgan fingerprint density at radius 3 is 2.24 bits per heavy atom. The molecule has 1 aromatic carbocycles. The third-order valence-electron chi connectivity index (χ3n) is 10.8. The Morgan fingerprint density at radius 2 is 1.55 bits per heavy atom. The molecular formula is C39H52N8O7Si. The number of hydrogen-bond donors (Lipinski definition) is 4. The van der Waals surface area contributed by atoms with Crippen molar-refractivity contribution in [1.29, 1.82) is 0 Å². The largest absolute Gasteiger partial charge is 0.453 e. The van der Waals surface area contributed by atoms with Crippen LogP contribution in [0, 0.1) is 23.7 Å². The van der Waals surface area contributed by atoms with Crippen LogP contribution in [-0.4, -0.2) is 114 Å². The van der Waals surface area contributed by atoms with Crippen LogP contribution in [0.15, 0.2) is 36.7 Å². The van der Waals surface area contributed by atoms with Crippen LogP contribution in [0.3, 0.4) is 0 Å². The first-order valence-corrected chi connectivity index (χ1v) is 22.4. The van der Waals surface area contributed by atoms with E-state index in [1.165, 1.54) is 14.2 Å². The van der Waals surface area contributed by atoms with E-state index in [0.29, 0.717) is 56.1 Å². The van der Waals surface area contributed by atoms with Gasteiger partial charge < -0.3 is 44.6 Å². The van der Waals surface area contributed by atoms with Crippen LogP contribution in [0.2, 0.25) is 19.1 Å². The Kier molecular flexibility index (Phi) is 12.3. The van der Waals surface area contributed by atoms with Crippen molar-refractivity contribution in [3.8, 4) is 23.1 Å². The highest BCUT2D eigenvalue weighted by Crippen LogP contribution is 2.38. The number of aromatic amines is 2. The zero-order valence-corrected chi connectivity index (χ0v) is 33.4. The molecule has 0 spiro atoms. The summed E-state index contributed by atoms with van der Waals surface area (Å²) in [7, 11) is 0.837. The van der Waals surface area contributed by atoms with Gasteiger partial charge in [-0.25, -0.2) is 19.6 Å². The number of carbonyl (C=O) groups is 4. The van der Waals surface area contributed by atoms with E-state index in [0.717, 1.165) is 35.7 Å². The summed E-state index contributed by atoms with van der Waals surface area (Å²) in [6, 6.07) is 6.80. The highest BCUT2D eigenvalue weighted by atomic mass is 28.3. The fourth-order valence-electron chi connectivity index (χ4n) is 7.83. The van der Waals surface area contributed by atoms with Crippen molar-refractivity contribution in [2.45, 2.75) is 82.8 Å². The molecule has 0 unspecified atom stereocenters. The zero-order valence-electron chi connectivity index (χ0n) is 32.4. The van der Waals surface area contributed by atoms with Crippen LogP contribution >= 0.6 is 0 Å². The summed E-state index contributed by atoms with van der Waals surface area (Å²) in [6.45, 7) is 10.00. The lowest BCUT2D eigenvalue weighted by atomic mass is 9.90. The molecule has 4 N–H and O–H groups in total. The topological polar surface area (TPSA) is 184 Å². The van der Waals surface area contributed by atoms with Crippen molar-refractivity contribution in [2.24, 2.45) is 11.8 Å². The second-order valence-electron chi connectivity index (χ2n) is 15.7. The molecule has 55 heavy (non-hydrogen) atoms. The second-order valence-corrected chi connectivity index (χ2v) is 20.7. The summed E-state index contributed by atoms with van der Waals surface area (Å²) < 4.78 is 15.1. The maximum atomic E-state index is 13.9. The summed E-state index contributed by atoms with van der Waals surface area (Å²) in [4.78, 5) is 71.7. The molecular weight excluding hydrogens is 721 g/mol. The number of amides is 4. The molecule has 3 aliphatic heterocycles. The van der Waals surface area contributed by atoms with Crippen molar-refractivity contribution in [2.75, 3.05) is 40.1 Å². The molecule has 6 rings (SSSR count). The van der Waals surface area contributed by atoms with Gasteiger partial charge in [-0.3, -0.25) is 9.59 Å². The number of ether oxygens (including phenoxy) is 3. The number of nitrogens with one attached hydrogen (secondary N) is 4. The molecule has 0 aliphatic carbocycles. The fourth-order valence-corrected chi connectivity index (χ4v) is 10.7. The molecule has 0 saturated carbocycles. The minimum atomic E-state index is -1.75. The quantitative estimate of drug-likeness (QED) is 0.179. The van der Waals surface area contributed by atoms with Gasteiger partial charge in [0, 0.05) is 31.5 Å². The molecule has 2 aromatic heterocycles. The van der Waals surface area contributed by atoms with Gasteiger partial charge in [-0.1, -0.05) is 45.0 Å². The molecule has 3 saturated heterocycles. The number of methoxy groups -OCH3 is 2. The minimum absolute atomic E-state index is 0.0335. The Labute approximate surface area is 322 Å². The summed E-state index contributed by atoms with van der Waals surface area (Å²) in [5.41, 5.74) is 3.20. The number of aromatic nitrogens is 4. The number of benzene rings is 1. The highest BCUT2D eigenvalue weighted by molar-refractivity contribution is 6.78. The van der Waals surface area contributed by atoms with Gasteiger partial charge in [0.05, 0.1) is 52.5 Å². The lowest BCUT2D eigenvalue weighted by Gasteiger charge is -2.34.